The van der Waals surface area contributed by atoms with Crippen LogP contribution in [0.3, 0.4) is 0 Å². The molecule has 1 aliphatic rings. The van der Waals surface area contributed by atoms with Crippen molar-refractivity contribution in [2.45, 2.75) is 58.0 Å². The van der Waals surface area contributed by atoms with E-state index < -0.39 is 0 Å². The summed E-state index contributed by atoms with van der Waals surface area (Å²) >= 11 is 0. The summed E-state index contributed by atoms with van der Waals surface area (Å²) in [5.41, 5.74) is 1.84. The molecule has 1 amide bonds. The fourth-order valence-corrected chi connectivity index (χ4v) is 3.33. The van der Waals surface area contributed by atoms with Gasteiger partial charge in [0.1, 0.15) is 18.1 Å². The maximum absolute atomic E-state index is 12.5. The summed E-state index contributed by atoms with van der Waals surface area (Å²) in [7, 11) is 0. The topological polar surface area (TPSA) is 68.2 Å². The van der Waals surface area contributed by atoms with Gasteiger partial charge in [-0.15, -0.1) is 0 Å². The van der Waals surface area contributed by atoms with Crippen molar-refractivity contribution in [3.8, 4) is 5.75 Å². The number of aromatic nitrogens is 2. The summed E-state index contributed by atoms with van der Waals surface area (Å²) < 4.78 is 7.73. The minimum Gasteiger partial charge on any atom is -0.491 e. The Morgan fingerprint density at radius 3 is 2.71 bits per heavy atom. The summed E-state index contributed by atoms with van der Waals surface area (Å²) in [6.07, 6.45) is 4.12. The SMILES string of the molecule is CC(COc1ccc(C(C)(C)C)cc1)NC(=O)c1ccn(C2CCCNC2)n1. The van der Waals surface area contributed by atoms with Crippen molar-refractivity contribution in [2.24, 2.45) is 0 Å². The van der Waals surface area contributed by atoms with Crippen molar-refractivity contribution >= 4 is 5.91 Å². The van der Waals surface area contributed by atoms with Crippen LogP contribution < -0.4 is 15.4 Å². The lowest BCUT2D eigenvalue weighted by Gasteiger charge is -2.22. The maximum Gasteiger partial charge on any atom is 0.272 e. The van der Waals surface area contributed by atoms with Crippen LogP contribution in [0.25, 0.3) is 0 Å². The maximum atomic E-state index is 12.5. The summed E-state index contributed by atoms with van der Waals surface area (Å²) in [4.78, 5) is 12.5. The molecular formula is C22H32N4O2. The Morgan fingerprint density at radius 1 is 1.32 bits per heavy atom. The number of nitrogens with zero attached hydrogens (tertiary/aromatic N) is 2. The van der Waals surface area contributed by atoms with E-state index in [0.29, 0.717) is 18.3 Å². The Kier molecular flexibility index (Phi) is 6.39. The fraction of sp³-hybridized carbons (Fsp3) is 0.545. The number of benzene rings is 1. The van der Waals surface area contributed by atoms with Crippen molar-refractivity contribution in [1.29, 1.82) is 0 Å². The van der Waals surface area contributed by atoms with E-state index in [1.165, 1.54) is 5.56 Å². The molecule has 0 radical (unpaired) electrons. The number of piperidine rings is 1. The van der Waals surface area contributed by atoms with Gasteiger partial charge in [-0.2, -0.15) is 5.10 Å². The van der Waals surface area contributed by atoms with E-state index in [-0.39, 0.29) is 17.4 Å². The molecule has 1 saturated heterocycles. The predicted molar refractivity (Wildman–Crippen MR) is 111 cm³/mol. The highest BCUT2D eigenvalue weighted by atomic mass is 16.5. The Balaban J connectivity index is 1.48. The Morgan fingerprint density at radius 2 is 2.07 bits per heavy atom. The average molecular weight is 385 g/mol. The van der Waals surface area contributed by atoms with Gasteiger partial charge in [0, 0.05) is 12.7 Å². The minimum absolute atomic E-state index is 0.115. The first-order chi connectivity index (χ1) is 13.3. The van der Waals surface area contributed by atoms with Crippen LogP contribution in [0.2, 0.25) is 0 Å². The number of ether oxygens (including phenoxy) is 1. The second kappa shape index (κ2) is 8.78. The molecule has 6 nitrogen and oxygen atoms in total. The predicted octanol–water partition coefficient (Wildman–Crippen LogP) is 3.30. The van der Waals surface area contributed by atoms with Gasteiger partial charge in [-0.05, 0) is 55.5 Å². The molecule has 2 N–H and O–H groups in total. The molecule has 0 spiro atoms. The number of hydrogen-bond acceptors (Lipinski definition) is 4. The number of nitrogens with one attached hydrogen (secondary N) is 2. The highest BCUT2D eigenvalue weighted by molar-refractivity contribution is 5.92. The van der Waals surface area contributed by atoms with Gasteiger partial charge >= 0.3 is 0 Å². The lowest BCUT2D eigenvalue weighted by atomic mass is 9.87. The van der Waals surface area contributed by atoms with Crippen molar-refractivity contribution in [3.05, 3.63) is 47.8 Å². The van der Waals surface area contributed by atoms with Crippen LogP contribution in [0, 0.1) is 0 Å². The first kappa shape index (κ1) is 20.4. The average Bonchev–Trinajstić information content (AvgIpc) is 3.17. The first-order valence-corrected chi connectivity index (χ1v) is 10.1. The first-order valence-electron chi connectivity index (χ1n) is 10.1. The van der Waals surface area contributed by atoms with Crippen LogP contribution >= 0.6 is 0 Å². The third-order valence-corrected chi connectivity index (χ3v) is 5.08. The van der Waals surface area contributed by atoms with Gasteiger partial charge in [0.25, 0.3) is 5.91 Å². The normalized spacial score (nSPS) is 18.5. The summed E-state index contributed by atoms with van der Waals surface area (Å²) in [6.45, 7) is 10.9. The summed E-state index contributed by atoms with van der Waals surface area (Å²) in [5, 5.41) is 10.8. The van der Waals surface area contributed by atoms with Crippen molar-refractivity contribution < 1.29 is 9.53 Å². The molecule has 2 atom stereocenters. The summed E-state index contributed by atoms with van der Waals surface area (Å²) in [5.74, 6) is 0.643. The van der Waals surface area contributed by atoms with Gasteiger partial charge in [-0.3, -0.25) is 9.48 Å². The third kappa shape index (κ3) is 5.35. The molecule has 0 saturated carbocycles. The second-order valence-electron chi connectivity index (χ2n) is 8.64. The van der Waals surface area contributed by atoms with E-state index in [1.807, 2.05) is 29.9 Å². The third-order valence-electron chi connectivity index (χ3n) is 5.08. The molecule has 1 aromatic carbocycles. The highest BCUT2D eigenvalue weighted by Gasteiger charge is 2.19. The smallest absolute Gasteiger partial charge is 0.272 e. The van der Waals surface area contributed by atoms with Crippen molar-refractivity contribution in [2.75, 3.05) is 19.7 Å². The zero-order chi connectivity index (χ0) is 20.1. The molecule has 2 heterocycles. The Hall–Kier alpha value is -2.34. The second-order valence-corrected chi connectivity index (χ2v) is 8.64. The van der Waals surface area contributed by atoms with Gasteiger partial charge in [-0.25, -0.2) is 0 Å². The number of rotatable bonds is 6. The van der Waals surface area contributed by atoms with Crippen LogP contribution in [0.15, 0.2) is 36.5 Å². The Labute approximate surface area is 167 Å². The van der Waals surface area contributed by atoms with Crippen molar-refractivity contribution in [1.82, 2.24) is 20.4 Å². The molecular weight excluding hydrogens is 352 g/mol. The zero-order valence-electron chi connectivity index (χ0n) is 17.4. The van der Waals surface area contributed by atoms with Crippen LogP contribution in [0.1, 0.15) is 62.6 Å². The van der Waals surface area contributed by atoms with Crippen LogP contribution in [0.5, 0.6) is 5.75 Å². The van der Waals surface area contributed by atoms with Crippen molar-refractivity contribution in [3.63, 3.8) is 0 Å². The number of hydrogen-bond donors (Lipinski definition) is 2. The van der Waals surface area contributed by atoms with Gasteiger partial charge in [0.2, 0.25) is 0 Å². The fourth-order valence-electron chi connectivity index (χ4n) is 3.33. The van der Waals surface area contributed by atoms with E-state index in [2.05, 4.69) is 48.6 Å². The molecule has 1 aliphatic heterocycles. The lowest BCUT2D eigenvalue weighted by molar-refractivity contribution is 0.0920. The molecule has 3 rings (SSSR count). The molecule has 0 bridgehead atoms. The zero-order valence-corrected chi connectivity index (χ0v) is 17.4. The van der Waals surface area contributed by atoms with Gasteiger partial charge in [-0.1, -0.05) is 32.9 Å². The van der Waals surface area contributed by atoms with Crippen LogP contribution in [-0.2, 0) is 5.41 Å². The summed E-state index contributed by atoms with van der Waals surface area (Å²) in [6, 6.07) is 10.1. The van der Waals surface area contributed by atoms with E-state index in [0.717, 1.165) is 31.7 Å². The molecule has 1 aromatic heterocycles. The lowest BCUT2D eigenvalue weighted by Crippen LogP contribution is -2.37. The van der Waals surface area contributed by atoms with Gasteiger partial charge in [0.05, 0.1) is 12.1 Å². The largest absolute Gasteiger partial charge is 0.491 e. The van der Waals surface area contributed by atoms with Gasteiger partial charge in [0.15, 0.2) is 0 Å². The number of carbonyl (C=O) groups excluding carboxylic acids is 1. The highest BCUT2D eigenvalue weighted by Crippen LogP contribution is 2.24. The molecule has 1 fully saturated rings. The Bertz CT molecular complexity index is 771. The standard InChI is InChI=1S/C22H32N4O2/c1-16(15-28-19-9-7-17(8-10-19)22(2,3)4)24-21(27)20-11-13-26(25-20)18-6-5-12-23-14-18/h7-11,13,16,18,23H,5-6,12,14-15H2,1-4H3,(H,24,27). The van der Waals surface area contributed by atoms with E-state index >= 15 is 0 Å². The molecule has 2 aromatic rings. The number of amides is 1. The van der Waals surface area contributed by atoms with Crippen LogP contribution in [0.4, 0.5) is 0 Å². The monoisotopic (exact) mass is 384 g/mol. The van der Waals surface area contributed by atoms with Crippen LogP contribution in [-0.4, -0.2) is 41.4 Å². The minimum atomic E-state index is -0.165. The quantitative estimate of drug-likeness (QED) is 0.802. The molecule has 152 valence electrons. The molecule has 0 aliphatic carbocycles. The number of carbonyl (C=O) groups is 1. The van der Waals surface area contributed by atoms with Gasteiger partial charge < -0.3 is 15.4 Å². The van der Waals surface area contributed by atoms with E-state index in [4.69, 9.17) is 4.74 Å². The molecule has 28 heavy (non-hydrogen) atoms. The molecule has 6 heteroatoms. The van der Waals surface area contributed by atoms with E-state index in [1.54, 1.807) is 6.07 Å². The van der Waals surface area contributed by atoms with E-state index in [9.17, 15) is 4.79 Å². The molecule has 2 unspecified atom stereocenters.